The summed E-state index contributed by atoms with van der Waals surface area (Å²) in [6.07, 6.45) is 4.40. The summed E-state index contributed by atoms with van der Waals surface area (Å²) < 4.78 is 3.68. The second-order valence-corrected chi connectivity index (χ2v) is 3.85. The average molecular weight is 220 g/mol. The van der Waals surface area contributed by atoms with Crippen molar-refractivity contribution in [2.24, 2.45) is 12.8 Å². The molecule has 0 saturated heterocycles. The molecule has 2 aromatic heterocycles. The lowest BCUT2D eigenvalue weighted by molar-refractivity contribution is 0.573. The molecule has 16 heavy (non-hydrogen) atoms. The lowest BCUT2D eigenvalue weighted by atomic mass is 10.3. The Morgan fingerprint density at radius 1 is 1.50 bits per heavy atom. The number of nitrogens with two attached hydrogens (primary N) is 1. The van der Waals surface area contributed by atoms with Crippen molar-refractivity contribution in [1.29, 1.82) is 0 Å². The van der Waals surface area contributed by atoms with Crippen LogP contribution < -0.4 is 5.73 Å². The van der Waals surface area contributed by atoms with E-state index in [9.17, 15) is 0 Å². The van der Waals surface area contributed by atoms with Crippen molar-refractivity contribution in [2.45, 2.75) is 25.9 Å². The van der Waals surface area contributed by atoms with Gasteiger partial charge in [-0.05, 0) is 13.0 Å². The van der Waals surface area contributed by atoms with Crippen LogP contribution in [-0.4, -0.2) is 24.5 Å². The van der Waals surface area contributed by atoms with Crippen LogP contribution in [0.2, 0.25) is 0 Å². The van der Waals surface area contributed by atoms with E-state index in [4.69, 9.17) is 5.73 Å². The maximum absolute atomic E-state index is 5.69. The molecule has 0 aromatic carbocycles. The zero-order valence-corrected chi connectivity index (χ0v) is 9.54. The Hall–Kier alpha value is -1.69. The van der Waals surface area contributed by atoms with Crippen molar-refractivity contribution >= 4 is 0 Å². The molecule has 86 valence electrons. The first-order valence-corrected chi connectivity index (χ1v) is 5.28. The topological polar surface area (TPSA) is 74.5 Å². The quantitative estimate of drug-likeness (QED) is 0.802. The van der Waals surface area contributed by atoms with Crippen LogP contribution in [0.25, 0.3) is 0 Å². The van der Waals surface area contributed by atoms with E-state index < -0.39 is 0 Å². The third kappa shape index (κ3) is 2.27. The SMILES string of the molecule is CC(N)c1ncn(CCc2ccnn2C)n1. The molecule has 1 unspecified atom stereocenters. The van der Waals surface area contributed by atoms with Crippen molar-refractivity contribution in [3.8, 4) is 0 Å². The highest BCUT2D eigenvalue weighted by Gasteiger charge is 2.06. The van der Waals surface area contributed by atoms with Gasteiger partial charge in [-0.15, -0.1) is 0 Å². The van der Waals surface area contributed by atoms with E-state index in [0.29, 0.717) is 5.82 Å². The minimum Gasteiger partial charge on any atom is -0.321 e. The highest BCUT2D eigenvalue weighted by atomic mass is 15.3. The normalized spacial score (nSPS) is 12.9. The number of aryl methyl sites for hydroxylation is 3. The Labute approximate surface area is 94.1 Å². The zero-order chi connectivity index (χ0) is 11.5. The Balaban J connectivity index is 1.97. The smallest absolute Gasteiger partial charge is 0.166 e. The van der Waals surface area contributed by atoms with Gasteiger partial charge in [0.2, 0.25) is 0 Å². The van der Waals surface area contributed by atoms with Gasteiger partial charge in [0, 0.05) is 31.9 Å². The molecular weight excluding hydrogens is 204 g/mol. The molecule has 0 aliphatic heterocycles. The molecule has 0 amide bonds. The van der Waals surface area contributed by atoms with Gasteiger partial charge in [0.15, 0.2) is 5.82 Å². The van der Waals surface area contributed by atoms with Crippen molar-refractivity contribution < 1.29 is 0 Å². The summed E-state index contributed by atoms with van der Waals surface area (Å²) in [5, 5.41) is 8.40. The van der Waals surface area contributed by atoms with E-state index in [0.717, 1.165) is 13.0 Å². The van der Waals surface area contributed by atoms with Crippen molar-refractivity contribution in [3.63, 3.8) is 0 Å². The molecule has 2 rings (SSSR count). The third-order valence-corrected chi connectivity index (χ3v) is 2.48. The number of aromatic nitrogens is 5. The fourth-order valence-corrected chi connectivity index (χ4v) is 1.50. The summed E-state index contributed by atoms with van der Waals surface area (Å²) in [6, 6.07) is 1.89. The molecular formula is C10H16N6. The Morgan fingerprint density at radius 3 is 2.88 bits per heavy atom. The zero-order valence-electron chi connectivity index (χ0n) is 9.54. The predicted octanol–water partition coefficient (Wildman–Crippen LogP) is 0.274. The predicted molar refractivity (Wildman–Crippen MR) is 59.5 cm³/mol. The van der Waals surface area contributed by atoms with Crippen LogP contribution in [0.5, 0.6) is 0 Å². The second-order valence-electron chi connectivity index (χ2n) is 3.85. The standard InChI is InChI=1S/C10H16N6/c1-8(11)10-12-7-16(14-10)6-4-9-3-5-13-15(9)2/h3,5,7-8H,4,6,11H2,1-2H3. The summed E-state index contributed by atoms with van der Waals surface area (Å²) in [7, 11) is 1.93. The maximum atomic E-state index is 5.69. The van der Waals surface area contributed by atoms with Crippen LogP contribution in [0, 0.1) is 0 Å². The van der Waals surface area contributed by atoms with Crippen molar-refractivity contribution in [2.75, 3.05) is 0 Å². The number of hydrogen-bond acceptors (Lipinski definition) is 4. The van der Waals surface area contributed by atoms with Crippen molar-refractivity contribution in [3.05, 3.63) is 30.1 Å². The molecule has 6 heteroatoms. The summed E-state index contributed by atoms with van der Waals surface area (Å²) in [6.45, 7) is 2.67. The molecule has 0 spiro atoms. The summed E-state index contributed by atoms with van der Waals surface area (Å²) in [5.74, 6) is 0.685. The van der Waals surface area contributed by atoms with Gasteiger partial charge in [-0.3, -0.25) is 9.36 Å². The molecule has 0 saturated carbocycles. The van der Waals surface area contributed by atoms with E-state index in [1.54, 1.807) is 12.5 Å². The van der Waals surface area contributed by atoms with Gasteiger partial charge < -0.3 is 5.73 Å². The lowest BCUT2D eigenvalue weighted by Gasteiger charge is -2.02. The minimum atomic E-state index is -0.113. The highest BCUT2D eigenvalue weighted by Crippen LogP contribution is 2.03. The van der Waals surface area contributed by atoms with Gasteiger partial charge in [-0.2, -0.15) is 10.2 Å². The fourth-order valence-electron chi connectivity index (χ4n) is 1.50. The van der Waals surface area contributed by atoms with Crippen LogP contribution in [0.3, 0.4) is 0 Å². The van der Waals surface area contributed by atoms with Gasteiger partial charge >= 0.3 is 0 Å². The van der Waals surface area contributed by atoms with Crippen LogP contribution in [0.4, 0.5) is 0 Å². The number of rotatable bonds is 4. The summed E-state index contributed by atoms with van der Waals surface area (Å²) >= 11 is 0. The maximum Gasteiger partial charge on any atom is 0.166 e. The first-order valence-electron chi connectivity index (χ1n) is 5.28. The van der Waals surface area contributed by atoms with Gasteiger partial charge in [0.05, 0.1) is 6.04 Å². The largest absolute Gasteiger partial charge is 0.321 e. The number of nitrogens with zero attached hydrogens (tertiary/aromatic N) is 5. The van der Waals surface area contributed by atoms with E-state index >= 15 is 0 Å². The van der Waals surface area contributed by atoms with Crippen LogP contribution in [0.1, 0.15) is 24.5 Å². The molecule has 2 heterocycles. The van der Waals surface area contributed by atoms with E-state index in [1.165, 1.54) is 5.69 Å². The Bertz CT molecular complexity index is 455. The monoisotopic (exact) mass is 220 g/mol. The molecule has 0 fully saturated rings. The Morgan fingerprint density at radius 2 is 2.31 bits per heavy atom. The fraction of sp³-hybridized carbons (Fsp3) is 0.500. The molecule has 0 radical (unpaired) electrons. The minimum absolute atomic E-state index is 0.113. The summed E-state index contributed by atoms with van der Waals surface area (Å²) in [5.41, 5.74) is 6.87. The molecule has 0 bridgehead atoms. The molecule has 1 atom stereocenters. The molecule has 2 aromatic rings. The van der Waals surface area contributed by atoms with Gasteiger partial charge in [0.1, 0.15) is 6.33 Å². The van der Waals surface area contributed by atoms with Gasteiger partial charge in [-0.1, -0.05) is 0 Å². The molecule has 6 nitrogen and oxygen atoms in total. The van der Waals surface area contributed by atoms with E-state index in [1.807, 2.05) is 29.4 Å². The lowest BCUT2D eigenvalue weighted by Crippen LogP contribution is -2.09. The van der Waals surface area contributed by atoms with Gasteiger partial charge in [0.25, 0.3) is 0 Å². The number of hydrogen-bond donors (Lipinski definition) is 1. The first kappa shape index (κ1) is 10.8. The molecule has 0 aliphatic rings. The van der Waals surface area contributed by atoms with Crippen LogP contribution >= 0.6 is 0 Å². The van der Waals surface area contributed by atoms with E-state index in [-0.39, 0.29) is 6.04 Å². The van der Waals surface area contributed by atoms with Crippen LogP contribution in [-0.2, 0) is 20.0 Å². The molecule has 0 aliphatic carbocycles. The van der Waals surface area contributed by atoms with Crippen LogP contribution in [0.15, 0.2) is 18.6 Å². The average Bonchev–Trinajstić information content (AvgIpc) is 2.83. The summed E-state index contributed by atoms with van der Waals surface area (Å²) in [4.78, 5) is 4.14. The Kier molecular flexibility index (Phi) is 3.00. The first-order chi connectivity index (χ1) is 7.66. The van der Waals surface area contributed by atoms with Crippen molar-refractivity contribution in [1.82, 2.24) is 24.5 Å². The van der Waals surface area contributed by atoms with E-state index in [2.05, 4.69) is 15.2 Å². The third-order valence-electron chi connectivity index (χ3n) is 2.48. The van der Waals surface area contributed by atoms with Gasteiger partial charge in [-0.25, -0.2) is 4.98 Å². The molecule has 2 N–H and O–H groups in total. The highest BCUT2D eigenvalue weighted by molar-refractivity contribution is 4.99. The second kappa shape index (κ2) is 4.44.